The number of pyridine rings is 1. The van der Waals surface area contributed by atoms with Gasteiger partial charge in [0.25, 0.3) is 6.43 Å². The molecule has 1 aliphatic heterocycles. The molecule has 0 N–H and O–H groups in total. The van der Waals surface area contributed by atoms with Gasteiger partial charge in [-0.3, -0.25) is 0 Å². The summed E-state index contributed by atoms with van der Waals surface area (Å²) in [5, 5.41) is 4.28. The van der Waals surface area contributed by atoms with E-state index >= 15 is 0 Å². The van der Waals surface area contributed by atoms with E-state index in [-0.39, 0.29) is 11.6 Å². The number of halogens is 6. The van der Waals surface area contributed by atoms with Crippen molar-refractivity contribution in [2.45, 2.75) is 19.0 Å². The fourth-order valence-electron chi connectivity index (χ4n) is 3.13. The third kappa shape index (κ3) is 2.57. The van der Waals surface area contributed by atoms with Crippen LogP contribution in [0.1, 0.15) is 23.2 Å². The molecule has 0 fully saturated rings. The van der Waals surface area contributed by atoms with Gasteiger partial charge in [0, 0.05) is 12.1 Å². The Kier molecular flexibility index (Phi) is 3.80. The summed E-state index contributed by atoms with van der Waals surface area (Å²) < 4.78 is 66.6. The van der Waals surface area contributed by atoms with Crippen molar-refractivity contribution in [3.05, 3.63) is 52.2 Å². The van der Waals surface area contributed by atoms with Crippen LogP contribution in [0.2, 0.25) is 5.02 Å². The lowest BCUT2D eigenvalue weighted by Gasteiger charge is -2.16. The summed E-state index contributed by atoms with van der Waals surface area (Å²) in [6.45, 7) is 0.430. The number of hydrogen-bond donors (Lipinski definition) is 0. The Labute approximate surface area is 148 Å². The standard InChI is InChI=1S/C16H10ClF5N4/c17-10-3-1-2-8-6-7-25(12(8)10)15-23-11-5-4-9(14(18)19)13(16(20,21)22)26(11)24-15/h1-5,14H,6-7H2. The lowest BCUT2D eigenvalue weighted by molar-refractivity contribution is -0.144. The first-order chi connectivity index (χ1) is 12.3. The second kappa shape index (κ2) is 5.80. The summed E-state index contributed by atoms with van der Waals surface area (Å²) in [4.78, 5) is 5.67. The van der Waals surface area contributed by atoms with E-state index in [1.807, 2.05) is 6.07 Å². The average Bonchev–Trinajstić information content (AvgIpc) is 3.16. The van der Waals surface area contributed by atoms with E-state index in [0.717, 1.165) is 17.7 Å². The van der Waals surface area contributed by atoms with Crippen LogP contribution >= 0.6 is 11.6 Å². The summed E-state index contributed by atoms with van der Waals surface area (Å²) in [5.41, 5.74) is -1.30. The van der Waals surface area contributed by atoms with Gasteiger partial charge in [0.1, 0.15) is 0 Å². The molecule has 26 heavy (non-hydrogen) atoms. The number of alkyl halides is 5. The first kappa shape index (κ1) is 17.0. The van der Waals surface area contributed by atoms with Crippen molar-refractivity contribution in [3.63, 3.8) is 0 Å². The minimum absolute atomic E-state index is 0.0197. The molecule has 0 saturated heterocycles. The van der Waals surface area contributed by atoms with E-state index in [2.05, 4.69) is 10.1 Å². The van der Waals surface area contributed by atoms with Crippen molar-refractivity contribution in [2.75, 3.05) is 11.4 Å². The predicted molar refractivity (Wildman–Crippen MR) is 85.1 cm³/mol. The van der Waals surface area contributed by atoms with Crippen LogP contribution in [-0.2, 0) is 12.6 Å². The summed E-state index contributed by atoms with van der Waals surface area (Å²) in [6, 6.07) is 7.11. The molecule has 2 aromatic heterocycles. The Bertz CT molecular complexity index is 998. The molecule has 10 heteroatoms. The molecule has 0 atom stereocenters. The van der Waals surface area contributed by atoms with Crippen molar-refractivity contribution in [1.82, 2.24) is 14.6 Å². The molecule has 0 spiro atoms. The Hall–Kier alpha value is -2.42. The molecule has 136 valence electrons. The lowest BCUT2D eigenvalue weighted by atomic mass is 10.2. The summed E-state index contributed by atoms with van der Waals surface area (Å²) in [5.74, 6) is -0.0197. The topological polar surface area (TPSA) is 33.4 Å². The molecule has 0 amide bonds. The Morgan fingerprint density at radius 1 is 1.12 bits per heavy atom. The number of benzene rings is 1. The first-order valence-corrected chi connectivity index (χ1v) is 7.95. The number of hydrogen-bond acceptors (Lipinski definition) is 3. The zero-order chi connectivity index (χ0) is 18.6. The van der Waals surface area contributed by atoms with Gasteiger partial charge in [0.2, 0.25) is 5.95 Å². The number of nitrogens with zero attached hydrogens (tertiary/aromatic N) is 4. The van der Waals surface area contributed by atoms with Crippen LogP contribution in [0, 0.1) is 0 Å². The van der Waals surface area contributed by atoms with Gasteiger partial charge in [-0.15, -0.1) is 5.10 Å². The zero-order valence-electron chi connectivity index (χ0n) is 12.9. The highest BCUT2D eigenvalue weighted by molar-refractivity contribution is 6.33. The van der Waals surface area contributed by atoms with Crippen molar-refractivity contribution in [3.8, 4) is 0 Å². The monoisotopic (exact) mass is 388 g/mol. The van der Waals surface area contributed by atoms with Crippen LogP contribution in [0.4, 0.5) is 33.6 Å². The zero-order valence-corrected chi connectivity index (χ0v) is 13.7. The fourth-order valence-corrected chi connectivity index (χ4v) is 3.43. The number of aromatic nitrogens is 3. The van der Waals surface area contributed by atoms with Gasteiger partial charge in [0.15, 0.2) is 11.3 Å². The highest BCUT2D eigenvalue weighted by Gasteiger charge is 2.40. The van der Waals surface area contributed by atoms with Gasteiger partial charge in [-0.25, -0.2) is 13.3 Å². The normalized spacial score (nSPS) is 14.5. The molecule has 3 heterocycles. The minimum atomic E-state index is -5.00. The van der Waals surface area contributed by atoms with Crippen LogP contribution in [0.25, 0.3) is 5.65 Å². The van der Waals surface area contributed by atoms with Crippen LogP contribution < -0.4 is 4.90 Å². The van der Waals surface area contributed by atoms with Crippen LogP contribution in [0.5, 0.6) is 0 Å². The largest absolute Gasteiger partial charge is 0.433 e. The molecular formula is C16H10ClF5N4. The Morgan fingerprint density at radius 2 is 1.88 bits per heavy atom. The highest BCUT2D eigenvalue weighted by atomic mass is 35.5. The van der Waals surface area contributed by atoms with Gasteiger partial charge in [-0.1, -0.05) is 23.7 Å². The molecule has 0 aliphatic carbocycles. The van der Waals surface area contributed by atoms with E-state index in [9.17, 15) is 22.0 Å². The molecule has 0 radical (unpaired) electrons. The van der Waals surface area contributed by atoms with Crippen molar-refractivity contribution in [2.24, 2.45) is 0 Å². The molecule has 0 bridgehead atoms. The fraction of sp³-hybridized carbons (Fsp3) is 0.250. The summed E-state index contributed by atoms with van der Waals surface area (Å²) >= 11 is 6.20. The van der Waals surface area contributed by atoms with E-state index in [4.69, 9.17) is 11.6 Å². The smallest absolute Gasteiger partial charge is 0.307 e. The molecule has 4 nitrogen and oxygen atoms in total. The average molecular weight is 389 g/mol. The maximum Gasteiger partial charge on any atom is 0.433 e. The lowest BCUT2D eigenvalue weighted by Crippen LogP contribution is -2.18. The van der Waals surface area contributed by atoms with Gasteiger partial charge in [0.05, 0.1) is 10.7 Å². The van der Waals surface area contributed by atoms with Gasteiger partial charge < -0.3 is 4.90 Å². The molecular weight excluding hydrogens is 379 g/mol. The minimum Gasteiger partial charge on any atom is -0.307 e. The highest BCUT2D eigenvalue weighted by Crippen LogP contribution is 2.40. The van der Waals surface area contributed by atoms with Crippen molar-refractivity contribution >= 4 is 28.9 Å². The van der Waals surface area contributed by atoms with Gasteiger partial charge >= 0.3 is 6.18 Å². The second-order valence-corrected chi connectivity index (χ2v) is 6.17. The second-order valence-electron chi connectivity index (χ2n) is 5.77. The van der Waals surface area contributed by atoms with E-state index in [1.165, 1.54) is 0 Å². The van der Waals surface area contributed by atoms with E-state index in [1.54, 1.807) is 17.0 Å². The van der Waals surface area contributed by atoms with E-state index < -0.39 is 23.9 Å². The first-order valence-electron chi connectivity index (χ1n) is 7.57. The molecule has 0 saturated carbocycles. The van der Waals surface area contributed by atoms with Crippen molar-refractivity contribution in [1.29, 1.82) is 0 Å². The SMILES string of the molecule is FC(F)c1ccc2nc(N3CCc4cccc(Cl)c43)nn2c1C(F)(F)F. The maximum atomic E-state index is 13.4. The van der Waals surface area contributed by atoms with Gasteiger partial charge in [-0.2, -0.15) is 18.2 Å². The van der Waals surface area contributed by atoms with Crippen LogP contribution in [-0.4, -0.2) is 21.1 Å². The maximum absolute atomic E-state index is 13.4. The van der Waals surface area contributed by atoms with Crippen molar-refractivity contribution < 1.29 is 22.0 Å². The quantitative estimate of drug-likeness (QED) is 0.577. The molecule has 1 aromatic carbocycles. The van der Waals surface area contributed by atoms with Gasteiger partial charge in [-0.05, 0) is 30.2 Å². The Balaban J connectivity index is 1.91. The third-order valence-corrected chi connectivity index (χ3v) is 4.51. The molecule has 0 unspecified atom stereocenters. The summed E-state index contributed by atoms with van der Waals surface area (Å²) in [7, 11) is 0. The number of rotatable bonds is 2. The predicted octanol–water partition coefficient (Wildman–Crippen LogP) is 5.03. The number of fused-ring (bicyclic) bond motifs is 2. The molecule has 4 rings (SSSR count). The number of anilines is 2. The number of para-hydroxylation sites is 1. The summed E-state index contributed by atoms with van der Waals surface area (Å²) in [6.07, 6.45) is -7.66. The Morgan fingerprint density at radius 3 is 2.58 bits per heavy atom. The molecule has 1 aliphatic rings. The third-order valence-electron chi connectivity index (χ3n) is 4.21. The van der Waals surface area contributed by atoms with Crippen LogP contribution in [0.15, 0.2) is 30.3 Å². The van der Waals surface area contributed by atoms with Crippen LogP contribution in [0.3, 0.4) is 0 Å². The molecule has 3 aromatic rings. The van der Waals surface area contributed by atoms with E-state index in [0.29, 0.717) is 28.2 Å².